The van der Waals surface area contributed by atoms with Gasteiger partial charge in [0.15, 0.2) is 5.65 Å². The molecule has 0 atom stereocenters. The average Bonchev–Trinajstić information content (AvgIpc) is 2.80. The van der Waals surface area contributed by atoms with Crippen LogP contribution < -0.4 is 0 Å². The normalized spacial score (nSPS) is 11.3. The lowest BCUT2D eigenvalue weighted by molar-refractivity contribution is 0.585. The lowest BCUT2D eigenvalue weighted by atomic mass is 10.2. The van der Waals surface area contributed by atoms with Crippen molar-refractivity contribution in [3.8, 4) is 5.69 Å². The summed E-state index contributed by atoms with van der Waals surface area (Å²) >= 11 is 5.89. The number of imidazole rings is 1. The lowest BCUT2D eigenvalue weighted by Crippen LogP contribution is -2.04. The smallest absolute Gasteiger partial charge is 0.164 e. The van der Waals surface area contributed by atoms with Crippen LogP contribution in [0.5, 0.6) is 0 Å². The van der Waals surface area contributed by atoms with Gasteiger partial charge < -0.3 is 0 Å². The van der Waals surface area contributed by atoms with Crippen LogP contribution in [0.15, 0.2) is 24.4 Å². The first-order valence-electron chi connectivity index (χ1n) is 6.37. The van der Waals surface area contributed by atoms with Crippen molar-refractivity contribution in [2.75, 3.05) is 0 Å². The molecule has 3 nitrogen and oxygen atoms in total. The quantitative estimate of drug-likeness (QED) is 0.669. The summed E-state index contributed by atoms with van der Waals surface area (Å²) in [6, 6.07) is 4.13. The molecule has 0 fully saturated rings. The van der Waals surface area contributed by atoms with Crippen LogP contribution in [0.2, 0.25) is 0 Å². The van der Waals surface area contributed by atoms with Crippen LogP contribution in [0.4, 0.5) is 8.78 Å². The Morgan fingerprint density at radius 3 is 2.62 bits per heavy atom. The van der Waals surface area contributed by atoms with E-state index < -0.39 is 11.6 Å². The molecule has 2 aromatic heterocycles. The number of hydrogen-bond acceptors (Lipinski definition) is 2. The van der Waals surface area contributed by atoms with Gasteiger partial charge in [0, 0.05) is 12.3 Å². The molecule has 0 aliphatic heterocycles. The Labute approximate surface area is 125 Å². The fourth-order valence-electron chi connectivity index (χ4n) is 2.26. The minimum atomic E-state index is -0.540. The zero-order valence-corrected chi connectivity index (χ0v) is 12.2. The summed E-state index contributed by atoms with van der Waals surface area (Å²) < 4.78 is 29.5. The maximum atomic E-state index is 14.2. The maximum absolute atomic E-state index is 14.2. The van der Waals surface area contributed by atoms with E-state index in [1.54, 1.807) is 6.20 Å². The van der Waals surface area contributed by atoms with Gasteiger partial charge in [-0.25, -0.2) is 18.7 Å². The van der Waals surface area contributed by atoms with Gasteiger partial charge in [-0.3, -0.25) is 4.57 Å². The number of benzene rings is 1. The summed E-state index contributed by atoms with van der Waals surface area (Å²) in [7, 11) is 0. The van der Waals surface area contributed by atoms with Crippen LogP contribution in [0, 0.1) is 25.5 Å². The largest absolute Gasteiger partial charge is 0.277 e. The Balaban J connectivity index is 2.36. The molecule has 3 aromatic rings. The topological polar surface area (TPSA) is 30.7 Å². The second-order valence-electron chi connectivity index (χ2n) is 4.91. The predicted molar refractivity (Wildman–Crippen MR) is 77.8 cm³/mol. The van der Waals surface area contributed by atoms with Crippen LogP contribution in [0.3, 0.4) is 0 Å². The first kappa shape index (κ1) is 13.9. The summed E-state index contributed by atoms with van der Waals surface area (Å²) in [6.45, 7) is 3.40. The summed E-state index contributed by atoms with van der Waals surface area (Å²) in [6.07, 6.45) is 1.65. The SMILES string of the molecule is Cc1cnc2c(c1)nc(CCl)n2-c1cc(F)c(C)cc1F. The molecule has 2 heterocycles. The zero-order chi connectivity index (χ0) is 15.1. The number of aromatic nitrogens is 3. The van der Waals surface area contributed by atoms with Gasteiger partial charge >= 0.3 is 0 Å². The number of fused-ring (bicyclic) bond motifs is 1. The molecule has 3 rings (SSSR count). The Hall–Kier alpha value is -2.01. The van der Waals surface area contributed by atoms with Gasteiger partial charge in [0.25, 0.3) is 0 Å². The molecule has 6 heteroatoms. The first-order chi connectivity index (χ1) is 10.0. The van der Waals surface area contributed by atoms with Crippen molar-refractivity contribution in [2.24, 2.45) is 0 Å². The van der Waals surface area contributed by atoms with E-state index in [1.807, 2.05) is 13.0 Å². The number of hydrogen-bond donors (Lipinski definition) is 0. The molecular formula is C15H12ClF2N3. The van der Waals surface area contributed by atoms with E-state index in [0.29, 0.717) is 17.0 Å². The molecule has 0 bridgehead atoms. The average molecular weight is 308 g/mol. The molecule has 0 saturated carbocycles. The monoisotopic (exact) mass is 307 g/mol. The van der Waals surface area contributed by atoms with Gasteiger partial charge in [-0.05, 0) is 37.1 Å². The highest BCUT2D eigenvalue weighted by Crippen LogP contribution is 2.25. The van der Waals surface area contributed by atoms with E-state index >= 15 is 0 Å². The highest BCUT2D eigenvalue weighted by atomic mass is 35.5. The molecule has 21 heavy (non-hydrogen) atoms. The Morgan fingerprint density at radius 2 is 1.90 bits per heavy atom. The van der Waals surface area contributed by atoms with E-state index in [9.17, 15) is 8.78 Å². The van der Waals surface area contributed by atoms with Crippen LogP contribution in [0.1, 0.15) is 17.0 Å². The van der Waals surface area contributed by atoms with Crippen molar-refractivity contribution in [2.45, 2.75) is 19.7 Å². The van der Waals surface area contributed by atoms with Crippen molar-refractivity contribution in [3.63, 3.8) is 0 Å². The number of alkyl halides is 1. The molecule has 0 saturated heterocycles. The van der Waals surface area contributed by atoms with Crippen molar-refractivity contribution in [1.82, 2.24) is 14.5 Å². The minimum absolute atomic E-state index is 0.0626. The van der Waals surface area contributed by atoms with E-state index in [0.717, 1.165) is 17.7 Å². The summed E-state index contributed by atoms with van der Waals surface area (Å²) in [5.41, 5.74) is 2.30. The fraction of sp³-hybridized carbons (Fsp3) is 0.200. The van der Waals surface area contributed by atoms with Gasteiger partial charge in [-0.1, -0.05) is 0 Å². The molecule has 0 N–H and O–H groups in total. The van der Waals surface area contributed by atoms with Crippen molar-refractivity contribution < 1.29 is 8.78 Å². The van der Waals surface area contributed by atoms with Gasteiger partial charge in [0.05, 0.1) is 11.6 Å². The molecule has 0 radical (unpaired) electrons. The lowest BCUT2D eigenvalue weighted by Gasteiger charge is -2.10. The fourth-order valence-corrected chi connectivity index (χ4v) is 2.44. The van der Waals surface area contributed by atoms with Crippen LogP contribution >= 0.6 is 11.6 Å². The molecule has 0 amide bonds. The maximum Gasteiger partial charge on any atom is 0.164 e. The molecular weight excluding hydrogens is 296 g/mol. The summed E-state index contributed by atoms with van der Waals surface area (Å²) in [5.74, 6) is -0.528. The van der Waals surface area contributed by atoms with Gasteiger partial charge in [0.2, 0.25) is 0 Å². The van der Waals surface area contributed by atoms with E-state index in [2.05, 4.69) is 9.97 Å². The number of halogens is 3. The second-order valence-corrected chi connectivity index (χ2v) is 5.17. The molecule has 0 unspecified atom stereocenters. The van der Waals surface area contributed by atoms with E-state index in [-0.39, 0.29) is 17.1 Å². The molecule has 0 aliphatic rings. The van der Waals surface area contributed by atoms with E-state index in [4.69, 9.17) is 11.6 Å². The molecule has 108 valence electrons. The van der Waals surface area contributed by atoms with Gasteiger partial charge in [-0.2, -0.15) is 0 Å². The third-order valence-corrected chi connectivity index (χ3v) is 3.53. The van der Waals surface area contributed by atoms with Crippen molar-refractivity contribution in [1.29, 1.82) is 0 Å². The van der Waals surface area contributed by atoms with Crippen molar-refractivity contribution in [3.05, 3.63) is 53.0 Å². The summed E-state index contributed by atoms with van der Waals surface area (Å²) in [5, 5.41) is 0. The number of nitrogens with zero attached hydrogens (tertiary/aromatic N) is 3. The minimum Gasteiger partial charge on any atom is -0.277 e. The van der Waals surface area contributed by atoms with Gasteiger partial charge in [0.1, 0.15) is 23.0 Å². The standard InChI is InChI=1S/C15H12ClF2N3/c1-8-3-12-15(19-7-8)21(14(6-16)20-12)13-5-10(17)9(2)4-11(13)18/h3-5,7H,6H2,1-2H3. The summed E-state index contributed by atoms with van der Waals surface area (Å²) in [4.78, 5) is 8.61. The molecule has 0 aliphatic carbocycles. The number of rotatable bonds is 2. The molecule has 1 aromatic carbocycles. The van der Waals surface area contributed by atoms with Crippen LogP contribution in [-0.4, -0.2) is 14.5 Å². The molecule has 0 spiro atoms. The predicted octanol–water partition coefficient (Wildman–Crippen LogP) is 4.05. The third-order valence-electron chi connectivity index (χ3n) is 3.29. The third kappa shape index (κ3) is 2.27. The zero-order valence-electron chi connectivity index (χ0n) is 11.5. The van der Waals surface area contributed by atoms with Crippen molar-refractivity contribution >= 4 is 22.8 Å². The first-order valence-corrected chi connectivity index (χ1v) is 6.90. The number of pyridine rings is 1. The Kier molecular flexibility index (Phi) is 3.37. The number of aryl methyl sites for hydroxylation is 2. The van der Waals surface area contributed by atoms with Crippen LogP contribution in [-0.2, 0) is 5.88 Å². The van der Waals surface area contributed by atoms with Crippen LogP contribution in [0.25, 0.3) is 16.9 Å². The highest BCUT2D eigenvalue weighted by molar-refractivity contribution is 6.16. The second kappa shape index (κ2) is 5.07. The Bertz CT molecular complexity index is 843. The van der Waals surface area contributed by atoms with E-state index in [1.165, 1.54) is 11.5 Å². The van der Waals surface area contributed by atoms with Gasteiger partial charge in [-0.15, -0.1) is 11.6 Å². The highest BCUT2D eigenvalue weighted by Gasteiger charge is 2.17. The Morgan fingerprint density at radius 1 is 1.14 bits per heavy atom.